The average molecular weight is 332 g/mol. The lowest BCUT2D eigenvalue weighted by Crippen LogP contribution is -2.15. The van der Waals surface area contributed by atoms with Crippen LogP contribution in [-0.4, -0.2) is 6.61 Å². The maximum absolute atomic E-state index is 6.03. The van der Waals surface area contributed by atoms with E-state index in [0.29, 0.717) is 0 Å². The largest absolute Gasteiger partial charge is 0.493 e. The fourth-order valence-electron chi connectivity index (χ4n) is 2.52. The Labute approximate surface area is 123 Å². The van der Waals surface area contributed by atoms with Gasteiger partial charge < -0.3 is 4.74 Å². The van der Waals surface area contributed by atoms with Gasteiger partial charge in [0.15, 0.2) is 0 Å². The highest BCUT2D eigenvalue weighted by Gasteiger charge is 2.16. The molecule has 2 rings (SSSR count). The Morgan fingerprint density at radius 3 is 2.72 bits per heavy atom. The van der Waals surface area contributed by atoms with Gasteiger partial charge in [-0.2, -0.15) is 0 Å². The monoisotopic (exact) mass is 330 g/mol. The zero-order valence-electron chi connectivity index (χ0n) is 10.8. The van der Waals surface area contributed by atoms with Crippen molar-refractivity contribution in [1.29, 1.82) is 0 Å². The number of rotatable bonds is 4. The van der Waals surface area contributed by atoms with Crippen LogP contribution in [0, 0.1) is 5.92 Å². The first-order valence-electron chi connectivity index (χ1n) is 6.73. The van der Waals surface area contributed by atoms with Gasteiger partial charge in [0.1, 0.15) is 5.75 Å². The summed E-state index contributed by atoms with van der Waals surface area (Å²) in [7, 11) is 0. The summed E-state index contributed by atoms with van der Waals surface area (Å²) >= 11 is 9.63. The van der Waals surface area contributed by atoms with E-state index in [2.05, 4.69) is 22.9 Å². The Bertz CT molecular complexity index is 386. The number of alkyl halides is 1. The Morgan fingerprint density at radius 1 is 1.33 bits per heavy atom. The van der Waals surface area contributed by atoms with Gasteiger partial charge in [0, 0.05) is 15.4 Å². The number of benzene rings is 1. The second kappa shape index (κ2) is 6.81. The van der Waals surface area contributed by atoms with E-state index in [1.807, 2.05) is 18.2 Å². The van der Waals surface area contributed by atoms with Crippen LogP contribution in [-0.2, 0) is 0 Å². The molecule has 1 fully saturated rings. The molecule has 1 unspecified atom stereocenters. The fraction of sp³-hybridized carbons (Fsp3) is 0.600. The molecule has 0 radical (unpaired) electrons. The Kier molecular flexibility index (Phi) is 5.38. The van der Waals surface area contributed by atoms with Gasteiger partial charge in [0.25, 0.3) is 0 Å². The maximum Gasteiger partial charge on any atom is 0.123 e. The molecule has 1 nitrogen and oxygen atoms in total. The molecule has 0 amide bonds. The molecule has 1 aliphatic carbocycles. The van der Waals surface area contributed by atoms with Crippen LogP contribution in [0.1, 0.15) is 49.4 Å². The molecule has 1 aliphatic rings. The molecular weight excluding hydrogens is 312 g/mol. The normalized spacial score (nSPS) is 18.6. The van der Waals surface area contributed by atoms with E-state index in [4.69, 9.17) is 16.3 Å². The van der Waals surface area contributed by atoms with Crippen LogP contribution in [0.2, 0.25) is 5.02 Å². The lowest BCUT2D eigenvalue weighted by molar-refractivity contribution is 0.207. The van der Waals surface area contributed by atoms with Crippen LogP contribution in [0.15, 0.2) is 18.2 Å². The van der Waals surface area contributed by atoms with Crippen molar-refractivity contribution < 1.29 is 4.74 Å². The van der Waals surface area contributed by atoms with E-state index >= 15 is 0 Å². The molecule has 0 spiro atoms. The van der Waals surface area contributed by atoms with E-state index in [-0.39, 0.29) is 4.83 Å². The van der Waals surface area contributed by atoms with E-state index in [1.165, 1.54) is 32.1 Å². The first-order valence-corrected chi connectivity index (χ1v) is 8.02. The van der Waals surface area contributed by atoms with Crippen LogP contribution >= 0.6 is 27.5 Å². The van der Waals surface area contributed by atoms with Crippen molar-refractivity contribution in [2.24, 2.45) is 5.92 Å². The molecule has 1 saturated carbocycles. The second-order valence-corrected chi connectivity index (χ2v) is 6.92. The summed E-state index contributed by atoms with van der Waals surface area (Å²) < 4.78 is 6.00. The molecule has 0 saturated heterocycles. The van der Waals surface area contributed by atoms with Gasteiger partial charge in [-0.05, 0) is 43.9 Å². The van der Waals surface area contributed by atoms with Crippen LogP contribution in [0.5, 0.6) is 5.75 Å². The molecule has 100 valence electrons. The summed E-state index contributed by atoms with van der Waals surface area (Å²) in [6.07, 6.45) is 6.73. The number of halogens is 2. The summed E-state index contributed by atoms with van der Waals surface area (Å²) in [5.74, 6) is 1.70. The lowest BCUT2D eigenvalue weighted by Gasteiger charge is -2.23. The number of hydrogen-bond donors (Lipinski definition) is 0. The van der Waals surface area contributed by atoms with Crippen LogP contribution < -0.4 is 4.74 Å². The summed E-state index contributed by atoms with van der Waals surface area (Å²) in [6.45, 7) is 2.94. The Hall–Kier alpha value is -0.210. The molecule has 1 aromatic rings. The Balaban J connectivity index is 1.99. The van der Waals surface area contributed by atoms with Crippen molar-refractivity contribution in [1.82, 2.24) is 0 Å². The molecule has 0 aliphatic heterocycles. The highest BCUT2D eigenvalue weighted by atomic mass is 79.9. The van der Waals surface area contributed by atoms with Crippen molar-refractivity contribution in [3.8, 4) is 5.75 Å². The SMILES string of the molecule is CC(Br)c1cc(Cl)ccc1OCC1CCCCC1. The van der Waals surface area contributed by atoms with E-state index in [0.717, 1.165) is 28.9 Å². The lowest BCUT2D eigenvalue weighted by atomic mass is 9.90. The van der Waals surface area contributed by atoms with Gasteiger partial charge in [-0.25, -0.2) is 0 Å². The van der Waals surface area contributed by atoms with Gasteiger partial charge >= 0.3 is 0 Å². The molecule has 18 heavy (non-hydrogen) atoms. The molecule has 0 heterocycles. The second-order valence-electron chi connectivity index (χ2n) is 5.11. The third-order valence-electron chi connectivity index (χ3n) is 3.60. The van der Waals surface area contributed by atoms with Crippen molar-refractivity contribution in [2.75, 3.05) is 6.61 Å². The van der Waals surface area contributed by atoms with Crippen LogP contribution in [0.3, 0.4) is 0 Å². The molecule has 1 atom stereocenters. The summed E-state index contributed by atoms with van der Waals surface area (Å²) in [4.78, 5) is 0.262. The molecule has 1 aromatic carbocycles. The smallest absolute Gasteiger partial charge is 0.123 e. The van der Waals surface area contributed by atoms with E-state index < -0.39 is 0 Å². The summed E-state index contributed by atoms with van der Waals surface area (Å²) in [6, 6.07) is 5.87. The molecule has 0 N–H and O–H groups in total. The van der Waals surface area contributed by atoms with Gasteiger partial charge in [0.2, 0.25) is 0 Å². The standard InChI is InChI=1S/C15H20BrClO/c1-11(16)14-9-13(17)7-8-15(14)18-10-12-5-3-2-4-6-12/h7-9,11-12H,2-6,10H2,1H3. The minimum absolute atomic E-state index is 0.262. The van der Waals surface area contributed by atoms with Crippen molar-refractivity contribution >= 4 is 27.5 Å². The van der Waals surface area contributed by atoms with Gasteiger partial charge in [-0.1, -0.05) is 46.8 Å². The molecule has 3 heteroatoms. The quantitative estimate of drug-likeness (QED) is 0.638. The molecule has 0 bridgehead atoms. The van der Waals surface area contributed by atoms with Crippen molar-refractivity contribution in [3.63, 3.8) is 0 Å². The van der Waals surface area contributed by atoms with Crippen LogP contribution in [0.4, 0.5) is 0 Å². The Morgan fingerprint density at radius 2 is 2.06 bits per heavy atom. The van der Waals surface area contributed by atoms with Gasteiger partial charge in [-0.15, -0.1) is 0 Å². The highest BCUT2D eigenvalue weighted by Crippen LogP contribution is 2.34. The molecular formula is C15H20BrClO. The summed E-state index contributed by atoms with van der Waals surface area (Å²) in [5.41, 5.74) is 1.14. The minimum Gasteiger partial charge on any atom is -0.493 e. The number of hydrogen-bond acceptors (Lipinski definition) is 1. The van der Waals surface area contributed by atoms with E-state index in [1.54, 1.807) is 0 Å². The third-order valence-corrected chi connectivity index (χ3v) is 4.33. The van der Waals surface area contributed by atoms with Crippen LogP contribution in [0.25, 0.3) is 0 Å². The number of ether oxygens (including phenoxy) is 1. The van der Waals surface area contributed by atoms with Crippen molar-refractivity contribution in [2.45, 2.75) is 43.9 Å². The first kappa shape index (κ1) is 14.2. The highest BCUT2D eigenvalue weighted by molar-refractivity contribution is 9.09. The predicted molar refractivity (Wildman–Crippen MR) is 80.9 cm³/mol. The molecule has 0 aromatic heterocycles. The predicted octanol–water partition coefficient (Wildman–Crippen LogP) is 5.76. The van der Waals surface area contributed by atoms with Gasteiger partial charge in [-0.3, -0.25) is 0 Å². The third kappa shape index (κ3) is 3.89. The topological polar surface area (TPSA) is 9.23 Å². The van der Waals surface area contributed by atoms with Crippen molar-refractivity contribution in [3.05, 3.63) is 28.8 Å². The minimum atomic E-state index is 0.262. The van der Waals surface area contributed by atoms with E-state index in [9.17, 15) is 0 Å². The average Bonchev–Trinajstić information content (AvgIpc) is 2.38. The zero-order chi connectivity index (χ0) is 13.0. The van der Waals surface area contributed by atoms with Gasteiger partial charge in [0.05, 0.1) is 6.61 Å². The first-order chi connectivity index (χ1) is 8.66. The zero-order valence-corrected chi connectivity index (χ0v) is 13.1. The fourth-order valence-corrected chi connectivity index (χ4v) is 3.06. The summed E-state index contributed by atoms with van der Waals surface area (Å²) in [5, 5.41) is 0.765. The maximum atomic E-state index is 6.03.